The Hall–Kier alpha value is -2.00. The molecule has 0 aliphatic carbocycles. The van der Waals surface area contributed by atoms with Crippen LogP contribution in [0, 0.1) is 0 Å². The Balaban J connectivity index is 1.98. The minimum Gasteiger partial charge on any atom is -0.452 e. The molecule has 3 nitrogen and oxygen atoms in total. The number of carbonyl (C=O) groups is 1. The SMILES string of the molecule is O=C1CCc2cccc(Oc3ccccc3Cl)c2O1. The first-order valence-corrected chi connectivity index (χ1v) is 6.37. The van der Waals surface area contributed by atoms with Gasteiger partial charge in [-0.2, -0.15) is 0 Å². The number of hydrogen-bond acceptors (Lipinski definition) is 3. The molecular weight excluding hydrogens is 264 g/mol. The van der Waals surface area contributed by atoms with E-state index >= 15 is 0 Å². The molecule has 96 valence electrons. The van der Waals surface area contributed by atoms with Gasteiger partial charge in [-0.25, -0.2) is 0 Å². The Kier molecular flexibility index (Phi) is 3.13. The standard InChI is InChI=1S/C15H11ClO3/c16-11-5-1-2-6-12(11)18-13-7-3-4-10-8-9-14(17)19-15(10)13/h1-7H,8-9H2. The van der Waals surface area contributed by atoms with Crippen molar-refractivity contribution in [1.29, 1.82) is 0 Å². The number of para-hydroxylation sites is 2. The maximum Gasteiger partial charge on any atom is 0.311 e. The first-order valence-electron chi connectivity index (χ1n) is 5.99. The van der Waals surface area contributed by atoms with Crippen LogP contribution in [0.4, 0.5) is 0 Å². The molecule has 0 saturated heterocycles. The van der Waals surface area contributed by atoms with Crippen molar-refractivity contribution in [2.75, 3.05) is 0 Å². The number of halogens is 1. The van der Waals surface area contributed by atoms with Gasteiger partial charge >= 0.3 is 5.97 Å². The fourth-order valence-corrected chi connectivity index (χ4v) is 2.18. The normalized spacial score (nSPS) is 13.6. The molecule has 0 unspecified atom stereocenters. The molecule has 0 radical (unpaired) electrons. The van der Waals surface area contributed by atoms with E-state index in [0.717, 1.165) is 5.56 Å². The van der Waals surface area contributed by atoms with E-state index in [2.05, 4.69) is 0 Å². The smallest absolute Gasteiger partial charge is 0.311 e. The third-order valence-corrected chi connectivity index (χ3v) is 3.24. The molecule has 0 N–H and O–H groups in total. The van der Waals surface area contributed by atoms with Crippen molar-refractivity contribution in [2.24, 2.45) is 0 Å². The van der Waals surface area contributed by atoms with Gasteiger partial charge in [-0.3, -0.25) is 4.79 Å². The number of aryl methyl sites for hydroxylation is 1. The number of carbonyl (C=O) groups excluding carboxylic acids is 1. The summed E-state index contributed by atoms with van der Waals surface area (Å²) in [6, 6.07) is 12.8. The van der Waals surface area contributed by atoms with Crippen LogP contribution in [0.5, 0.6) is 17.2 Å². The quantitative estimate of drug-likeness (QED) is 0.614. The number of hydrogen-bond donors (Lipinski definition) is 0. The van der Waals surface area contributed by atoms with E-state index in [1.54, 1.807) is 18.2 Å². The molecule has 2 aromatic carbocycles. The monoisotopic (exact) mass is 274 g/mol. The second kappa shape index (κ2) is 4.94. The number of rotatable bonds is 2. The van der Waals surface area contributed by atoms with Gasteiger partial charge in [0.05, 0.1) is 11.4 Å². The Labute approximate surface area is 115 Å². The molecular formula is C15H11ClO3. The van der Waals surface area contributed by atoms with Crippen LogP contribution in [-0.4, -0.2) is 5.97 Å². The minimum absolute atomic E-state index is 0.234. The number of benzene rings is 2. The molecule has 0 saturated carbocycles. The van der Waals surface area contributed by atoms with Crippen LogP contribution in [0.25, 0.3) is 0 Å². The van der Waals surface area contributed by atoms with E-state index in [4.69, 9.17) is 21.1 Å². The van der Waals surface area contributed by atoms with Crippen molar-refractivity contribution in [1.82, 2.24) is 0 Å². The van der Waals surface area contributed by atoms with Gasteiger partial charge in [-0.05, 0) is 30.2 Å². The van der Waals surface area contributed by atoms with E-state index in [-0.39, 0.29) is 5.97 Å². The summed E-state index contributed by atoms with van der Waals surface area (Å²) in [5, 5.41) is 0.516. The van der Waals surface area contributed by atoms with Gasteiger partial charge in [0.25, 0.3) is 0 Å². The highest BCUT2D eigenvalue weighted by atomic mass is 35.5. The van der Waals surface area contributed by atoms with Gasteiger partial charge in [0.1, 0.15) is 5.75 Å². The van der Waals surface area contributed by atoms with Crippen molar-refractivity contribution in [2.45, 2.75) is 12.8 Å². The van der Waals surface area contributed by atoms with E-state index in [9.17, 15) is 4.79 Å². The van der Waals surface area contributed by atoms with Gasteiger partial charge in [0.2, 0.25) is 0 Å². The van der Waals surface area contributed by atoms with E-state index in [0.29, 0.717) is 35.1 Å². The van der Waals surface area contributed by atoms with Crippen LogP contribution < -0.4 is 9.47 Å². The molecule has 3 rings (SSSR count). The Morgan fingerprint density at radius 2 is 1.79 bits per heavy atom. The zero-order chi connectivity index (χ0) is 13.2. The molecule has 0 aromatic heterocycles. The Bertz CT molecular complexity index is 637. The zero-order valence-electron chi connectivity index (χ0n) is 10.1. The first kappa shape index (κ1) is 12.1. The number of fused-ring (bicyclic) bond motifs is 1. The summed E-state index contributed by atoms with van der Waals surface area (Å²) < 4.78 is 11.0. The van der Waals surface area contributed by atoms with Crippen LogP contribution in [0.3, 0.4) is 0 Å². The summed E-state index contributed by atoms with van der Waals surface area (Å²) in [5.41, 5.74) is 0.976. The summed E-state index contributed by atoms with van der Waals surface area (Å²) in [4.78, 5) is 11.4. The summed E-state index contributed by atoms with van der Waals surface area (Å²) in [6.45, 7) is 0. The topological polar surface area (TPSA) is 35.5 Å². The van der Waals surface area contributed by atoms with Gasteiger partial charge in [0.15, 0.2) is 11.5 Å². The zero-order valence-corrected chi connectivity index (χ0v) is 10.8. The van der Waals surface area contributed by atoms with Gasteiger partial charge < -0.3 is 9.47 Å². The lowest BCUT2D eigenvalue weighted by Crippen LogP contribution is -2.16. The van der Waals surface area contributed by atoms with Crippen LogP contribution in [0.1, 0.15) is 12.0 Å². The molecule has 2 aromatic rings. The van der Waals surface area contributed by atoms with Crippen LogP contribution >= 0.6 is 11.6 Å². The van der Waals surface area contributed by atoms with Gasteiger partial charge in [0, 0.05) is 0 Å². The Morgan fingerprint density at radius 1 is 1.00 bits per heavy atom. The number of ether oxygens (including phenoxy) is 2. The Morgan fingerprint density at radius 3 is 2.63 bits per heavy atom. The molecule has 1 heterocycles. The highest BCUT2D eigenvalue weighted by Crippen LogP contribution is 2.39. The van der Waals surface area contributed by atoms with E-state index in [1.807, 2.05) is 24.3 Å². The molecule has 1 aliphatic rings. The molecule has 19 heavy (non-hydrogen) atoms. The van der Waals surface area contributed by atoms with Crippen LogP contribution in [0.2, 0.25) is 5.02 Å². The molecule has 0 spiro atoms. The second-order valence-corrected chi connectivity index (χ2v) is 4.66. The fraction of sp³-hybridized carbons (Fsp3) is 0.133. The average molecular weight is 275 g/mol. The number of esters is 1. The highest BCUT2D eigenvalue weighted by Gasteiger charge is 2.21. The lowest BCUT2D eigenvalue weighted by molar-refractivity contribution is -0.135. The van der Waals surface area contributed by atoms with Crippen molar-refractivity contribution in [3.8, 4) is 17.2 Å². The van der Waals surface area contributed by atoms with Gasteiger partial charge in [-0.1, -0.05) is 35.9 Å². The maximum absolute atomic E-state index is 11.4. The largest absolute Gasteiger partial charge is 0.452 e. The van der Waals surface area contributed by atoms with Gasteiger partial charge in [-0.15, -0.1) is 0 Å². The van der Waals surface area contributed by atoms with Crippen molar-refractivity contribution in [3.05, 3.63) is 53.1 Å². The molecule has 0 amide bonds. The van der Waals surface area contributed by atoms with E-state index in [1.165, 1.54) is 0 Å². The lowest BCUT2D eigenvalue weighted by Gasteiger charge is -2.18. The lowest BCUT2D eigenvalue weighted by atomic mass is 10.1. The average Bonchev–Trinajstić information content (AvgIpc) is 2.42. The third kappa shape index (κ3) is 2.42. The maximum atomic E-state index is 11.4. The third-order valence-electron chi connectivity index (χ3n) is 2.93. The summed E-state index contributed by atoms with van der Waals surface area (Å²) in [7, 11) is 0. The molecule has 0 atom stereocenters. The van der Waals surface area contributed by atoms with Crippen molar-refractivity contribution < 1.29 is 14.3 Å². The summed E-state index contributed by atoms with van der Waals surface area (Å²) in [5.74, 6) is 1.32. The first-order chi connectivity index (χ1) is 9.24. The predicted octanol–water partition coefficient (Wildman–Crippen LogP) is 3.98. The second-order valence-electron chi connectivity index (χ2n) is 4.25. The molecule has 1 aliphatic heterocycles. The van der Waals surface area contributed by atoms with E-state index < -0.39 is 0 Å². The van der Waals surface area contributed by atoms with Crippen molar-refractivity contribution >= 4 is 17.6 Å². The van der Waals surface area contributed by atoms with Crippen LogP contribution in [-0.2, 0) is 11.2 Å². The molecule has 0 fully saturated rings. The fourth-order valence-electron chi connectivity index (χ4n) is 2.00. The summed E-state index contributed by atoms with van der Waals surface area (Å²) >= 11 is 6.05. The van der Waals surface area contributed by atoms with Crippen molar-refractivity contribution in [3.63, 3.8) is 0 Å². The van der Waals surface area contributed by atoms with Crippen LogP contribution in [0.15, 0.2) is 42.5 Å². The minimum atomic E-state index is -0.234. The highest BCUT2D eigenvalue weighted by molar-refractivity contribution is 6.32. The predicted molar refractivity (Wildman–Crippen MR) is 71.9 cm³/mol. The molecule has 0 bridgehead atoms. The summed E-state index contributed by atoms with van der Waals surface area (Å²) in [6.07, 6.45) is 1.08. The molecule has 4 heteroatoms.